The van der Waals surface area contributed by atoms with Crippen molar-refractivity contribution in [1.29, 1.82) is 0 Å². The number of rotatable bonds is 8. The van der Waals surface area contributed by atoms with Crippen LogP contribution in [0.25, 0.3) is 0 Å². The summed E-state index contributed by atoms with van der Waals surface area (Å²) in [5.74, 6) is -3.10. The number of carbonyl (C=O) groups is 4. The van der Waals surface area contributed by atoms with Gasteiger partial charge in [-0.25, -0.2) is 9.59 Å². The normalized spacial score (nSPS) is 11.4. The number of carboxylic acids is 2. The molecule has 120 valence electrons. The molecule has 9 heteroatoms. The minimum atomic E-state index is -1.54. The van der Waals surface area contributed by atoms with E-state index in [0.29, 0.717) is 6.42 Å². The molecule has 0 heterocycles. The van der Waals surface area contributed by atoms with Crippen molar-refractivity contribution in [3.8, 4) is 0 Å². The van der Waals surface area contributed by atoms with E-state index in [1.165, 1.54) is 19.0 Å². The van der Waals surface area contributed by atoms with Crippen molar-refractivity contribution in [2.75, 3.05) is 27.2 Å². The molecule has 0 aliphatic rings. The molecule has 0 spiro atoms. The molecule has 0 saturated carbocycles. The third-order valence-electron chi connectivity index (χ3n) is 2.58. The first kappa shape index (κ1) is 18.7. The average molecular weight is 303 g/mol. The van der Waals surface area contributed by atoms with E-state index in [0.717, 1.165) is 4.90 Å². The first-order valence-corrected chi connectivity index (χ1v) is 6.39. The zero-order chi connectivity index (χ0) is 16.6. The molecule has 21 heavy (non-hydrogen) atoms. The van der Waals surface area contributed by atoms with E-state index in [4.69, 9.17) is 10.2 Å². The molecular weight excluding hydrogens is 282 g/mol. The van der Waals surface area contributed by atoms with Gasteiger partial charge in [-0.15, -0.1) is 0 Å². The lowest BCUT2D eigenvalue weighted by Gasteiger charge is -2.25. The van der Waals surface area contributed by atoms with Crippen molar-refractivity contribution >= 4 is 23.9 Å². The highest BCUT2D eigenvalue weighted by Crippen LogP contribution is 1.99. The molecule has 0 aliphatic heterocycles. The summed E-state index contributed by atoms with van der Waals surface area (Å²) in [5.41, 5.74) is 0. The van der Waals surface area contributed by atoms with Crippen LogP contribution in [0.3, 0.4) is 0 Å². The third-order valence-corrected chi connectivity index (χ3v) is 2.58. The molecule has 3 amide bonds. The number of hydrogen-bond acceptors (Lipinski definition) is 4. The molecular formula is C12H21N3O6. The van der Waals surface area contributed by atoms with Crippen molar-refractivity contribution < 1.29 is 29.4 Å². The van der Waals surface area contributed by atoms with Crippen LogP contribution in [0.1, 0.15) is 19.8 Å². The van der Waals surface area contributed by atoms with E-state index in [2.05, 4.69) is 5.32 Å². The molecule has 0 rings (SSSR count). The lowest BCUT2D eigenvalue weighted by atomic mass is 10.2. The second-order valence-electron chi connectivity index (χ2n) is 4.65. The standard InChI is InChI=1S/C12H21N3O6/c1-4-5-15(7-9(16)14(2)3)12(21)13-8(11(19)20)6-10(17)18/h8H,4-7H2,1-3H3,(H,13,21)(H,17,18)(H,19,20)/t8-/m0/s1. The van der Waals surface area contributed by atoms with Gasteiger partial charge in [0.05, 0.1) is 6.42 Å². The van der Waals surface area contributed by atoms with Gasteiger partial charge in [0.2, 0.25) is 5.91 Å². The SMILES string of the molecule is CCCN(CC(=O)N(C)C)C(=O)N[C@@H](CC(=O)O)C(=O)O. The Balaban J connectivity index is 4.82. The molecule has 9 nitrogen and oxygen atoms in total. The van der Waals surface area contributed by atoms with Crippen LogP contribution < -0.4 is 5.32 Å². The monoisotopic (exact) mass is 303 g/mol. The van der Waals surface area contributed by atoms with Gasteiger partial charge < -0.3 is 25.3 Å². The van der Waals surface area contributed by atoms with Crippen LogP contribution in [0.4, 0.5) is 4.79 Å². The fraction of sp³-hybridized carbons (Fsp3) is 0.667. The predicted octanol–water partition coefficient (Wildman–Crippen LogP) is -0.576. The fourth-order valence-corrected chi connectivity index (χ4v) is 1.44. The van der Waals surface area contributed by atoms with Crippen molar-refractivity contribution in [2.24, 2.45) is 0 Å². The van der Waals surface area contributed by atoms with Crippen molar-refractivity contribution in [3.05, 3.63) is 0 Å². The number of nitrogens with one attached hydrogen (secondary N) is 1. The Kier molecular flexibility index (Phi) is 7.80. The molecule has 0 bridgehead atoms. The van der Waals surface area contributed by atoms with Gasteiger partial charge in [-0.2, -0.15) is 0 Å². The van der Waals surface area contributed by atoms with E-state index in [1.54, 1.807) is 6.92 Å². The highest BCUT2D eigenvalue weighted by Gasteiger charge is 2.26. The zero-order valence-corrected chi connectivity index (χ0v) is 12.3. The van der Waals surface area contributed by atoms with Crippen LogP contribution >= 0.6 is 0 Å². The molecule has 3 N–H and O–H groups in total. The van der Waals surface area contributed by atoms with Crippen molar-refractivity contribution in [3.63, 3.8) is 0 Å². The summed E-state index contributed by atoms with van der Waals surface area (Å²) in [7, 11) is 3.07. The maximum Gasteiger partial charge on any atom is 0.326 e. The van der Waals surface area contributed by atoms with Gasteiger partial charge in [0.15, 0.2) is 0 Å². The van der Waals surface area contributed by atoms with Gasteiger partial charge in [0.25, 0.3) is 0 Å². The number of carbonyl (C=O) groups excluding carboxylic acids is 2. The molecule has 1 atom stereocenters. The summed E-state index contributed by atoms with van der Waals surface area (Å²) in [6, 6.07) is -2.32. The van der Waals surface area contributed by atoms with Gasteiger partial charge in [-0.1, -0.05) is 6.92 Å². The Labute approximate surface area is 122 Å². The Morgan fingerprint density at radius 1 is 1.14 bits per heavy atom. The summed E-state index contributed by atoms with van der Waals surface area (Å²) in [4.78, 5) is 47.5. The van der Waals surface area contributed by atoms with E-state index < -0.39 is 30.4 Å². The number of carboxylic acid groups (broad SMARTS) is 2. The second-order valence-corrected chi connectivity index (χ2v) is 4.65. The Morgan fingerprint density at radius 3 is 2.10 bits per heavy atom. The van der Waals surface area contributed by atoms with Gasteiger partial charge in [-0.05, 0) is 6.42 Å². The highest BCUT2D eigenvalue weighted by molar-refractivity contribution is 5.88. The van der Waals surface area contributed by atoms with Crippen LogP contribution in [0.2, 0.25) is 0 Å². The number of amides is 3. The second kappa shape index (κ2) is 8.77. The molecule has 0 unspecified atom stereocenters. The Bertz CT molecular complexity index is 410. The van der Waals surface area contributed by atoms with E-state index in [-0.39, 0.29) is 19.0 Å². The Hall–Kier alpha value is -2.32. The van der Waals surface area contributed by atoms with Crippen molar-refractivity contribution in [1.82, 2.24) is 15.1 Å². The smallest absolute Gasteiger partial charge is 0.326 e. The van der Waals surface area contributed by atoms with Gasteiger partial charge >= 0.3 is 18.0 Å². The molecule has 0 aromatic carbocycles. The number of aliphatic carboxylic acids is 2. The molecule has 0 radical (unpaired) electrons. The zero-order valence-electron chi connectivity index (χ0n) is 12.3. The largest absolute Gasteiger partial charge is 0.481 e. The Morgan fingerprint density at radius 2 is 1.71 bits per heavy atom. The summed E-state index contributed by atoms with van der Waals surface area (Å²) in [5, 5.41) is 19.6. The quantitative estimate of drug-likeness (QED) is 0.550. The maximum absolute atomic E-state index is 12.0. The first-order valence-electron chi connectivity index (χ1n) is 6.39. The van der Waals surface area contributed by atoms with Crippen molar-refractivity contribution in [2.45, 2.75) is 25.8 Å². The van der Waals surface area contributed by atoms with Crippen LogP contribution in [0.5, 0.6) is 0 Å². The van der Waals surface area contributed by atoms with Gasteiger partial charge in [0.1, 0.15) is 12.6 Å². The van der Waals surface area contributed by atoms with Crippen LogP contribution in [-0.2, 0) is 14.4 Å². The highest BCUT2D eigenvalue weighted by atomic mass is 16.4. The molecule has 0 saturated heterocycles. The van der Waals surface area contributed by atoms with Crippen LogP contribution in [-0.4, -0.2) is 77.1 Å². The molecule has 0 aromatic heterocycles. The van der Waals surface area contributed by atoms with E-state index >= 15 is 0 Å². The number of nitrogens with zero attached hydrogens (tertiary/aromatic N) is 2. The van der Waals surface area contributed by atoms with E-state index in [1.807, 2.05) is 0 Å². The summed E-state index contributed by atoms with van der Waals surface area (Å²) < 4.78 is 0. The van der Waals surface area contributed by atoms with Crippen LogP contribution in [0.15, 0.2) is 0 Å². The van der Waals surface area contributed by atoms with Gasteiger partial charge in [-0.3, -0.25) is 9.59 Å². The first-order chi connectivity index (χ1) is 9.68. The summed E-state index contributed by atoms with van der Waals surface area (Å²) in [6.45, 7) is 1.85. The number of likely N-dealkylation sites (N-methyl/N-ethyl adjacent to an activating group) is 1. The minimum absolute atomic E-state index is 0.202. The summed E-state index contributed by atoms with van der Waals surface area (Å²) in [6.07, 6.45) is -0.159. The summed E-state index contributed by atoms with van der Waals surface area (Å²) >= 11 is 0. The maximum atomic E-state index is 12.0. The predicted molar refractivity (Wildman–Crippen MR) is 72.8 cm³/mol. The molecule has 0 fully saturated rings. The molecule has 0 aromatic rings. The average Bonchev–Trinajstić information content (AvgIpc) is 2.36. The van der Waals surface area contributed by atoms with Crippen LogP contribution in [0, 0.1) is 0 Å². The fourth-order valence-electron chi connectivity index (χ4n) is 1.44. The van der Waals surface area contributed by atoms with Gasteiger partial charge in [0, 0.05) is 20.6 Å². The lowest BCUT2D eigenvalue weighted by molar-refractivity contribution is -0.145. The minimum Gasteiger partial charge on any atom is -0.481 e. The third kappa shape index (κ3) is 7.14. The number of hydrogen-bond donors (Lipinski definition) is 3. The topological polar surface area (TPSA) is 127 Å². The number of urea groups is 1. The van der Waals surface area contributed by atoms with E-state index in [9.17, 15) is 19.2 Å². The molecule has 0 aliphatic carbocycles. The lowest BCUT2D eigenvalue weighted by Crippen LogP contribution is -2.51.